The van der Waals surface area contributed by atoms with Gasteiger partial charge < -0.3 is 19.5 Å². The van der Waals surface area contributed by atoms with Gasteiger partial charge in [-0.2, -0.15) is 4.80 Å². The van der Waals surface area contributed by atoms with E-state index in [-0.39, 0.29) is 36.0 Å². The van der Waals surface area contributed by atoms with Crippen LogP contribution in [0.4, 0.5) is 0 Å². The van der Waals surface area contributed by atoms with E-state index in [0.717, 1.165) is 5.56 Å². The largest absolute Gasteiger partial charge is 0.497 e. The zero-order valence-electron chi connectivity index (χ0n) is 25.3. The minimum atomic E-state index is -4.44. The van der Waals surface area contributed by atoms with Gasteiger partial charge in [-0.3, -0.25) is 0 Å². The first-order valence-electron chi connectivity index (χ1n) is 14.5. The molecule has 0 radical (unpaired) electrons. The fraction of sp³-hybridized carbons (Fsp3) is 0.367. The molecule has 1 aromatic heterocycles. The van der Waals surface area contributed by atoms with Gasteiger partial charge in [-0.05, 0) is 101 Å². The number of rotatable bonds is 13. The predicted molar refractivity (Wildman–Crippen MR) is 179 cm³/mol. The van der Waals surface area contributed by atoms with Crippen LogP contribution in [0.5, 0.6) is 11.5 Å². The lowest BCUT2D eigenvalue weighted by Gasteiger charge is -2.31. The van der Waals surface area contributed by atoms with E-state index in [1.54, 1.807) is 49.6 Å². The van der Waals surface area contributed by atoms with Gasteiger partial charge in [0.25, 0.3) is 0 Å². The first kappa shape index (κ1) is 34.2. The molecule has 0 amide bonds. The summed E-state index contributed by atoms with van der Waals surface area (Å²) in [6.07, 6.45) is 0.609. The molecule has 246 valence electrons. The molecule has 0 spiro atoms. The van der Waals surface area contributed by atoms with E-state index in [9.17, 15) is 21.9 Å². The molecule has 4 aromatic rings. The van der Waals surface area contributed by atoms with E-state index in [2.05, 4.69) is 20.1 Å². The molecule has 1 fully saturated rings. The smallest absolute Gasteiger partial charge is 0.242 e. The van der Waals surface area contributed by atoms with Gasteiger partial charge in [0.05, 0.1) is 43.1 Å². The molecule has 16 heteroatoms. The van der Waals surface area contributed by atoms with Gasteiger partial charge in [-0.25, -0.2) is 21.6 Å². The lowest BCUT2D eigenvalue weighted by atomic mass is 10.1. The van der Waals surface area contributed by atoms with Gasteiger partial charge in [0.2, 0.25) is 15.8 Å². The Hall–Kier alpha value is -3.16. The predicted octanol–water partition coefficient (Wildman–Crippen LogP) is 2.72. The van der Waals surface area contributed by atoms with Gasteiger partial charge in [0.1, 0.15) is 16.4 Å². The summed E-state index contributed by atoms with van der Waals surface area (Å²) < 4.78 is 70.2. The van der Waals surface area contributed by atoms with Crippen molar-refractivity contribution in [3.8, 4) is 22.9 Å². The van der Waals surface area contributed by atoms with Crippen LogP contribution in [0.2, 0.25) is 0 Å². The third-order valence-corrected chi connectivity index (χ3v) is 12.6. The van der Waals surface area contributed by atoms with Gasteiger partial charge >= 0.3 is 0 Å². The van der Waals surface area contributed by atoms with Gasteiger partial charge in [0.15, 0.2) is 9.84 Å². The molecule has 2 N–H and O–H groups in total. The SMILES string of the molecule is COc1ccc(CNS(=O)(=O)c2c(S(=O)(=O)C3CCN(CCO)CC3)ccc(I)c2-c2nnn(Cc3ccc(OC)cc3)n2)cc1. The van der Waals surface area contributed by atoms with Crippen molar-refractivity contribution in [1.29, 1.82) is 0 Å². The second kappa shape index (κ2) is 14.7. The number of aromatic nitrogens is 4. The number of halogens is 1. The second-order valence-electron chi connectivity index (χ2n) is 10.7. The number of ether oxygens (including phenoxy) is 2. The van der Waals surface area contributed by atoms with Crippen molar-refractivity contribution in [3.63, 3.8) is 0 Å². The molecule has 0 atom stereocenters. The van der Waals surface area contributed by atoms with Crippen molar-refractivity contribution in [1.82, 2.24) is 29.8 Å². The number of sulfonamides is 1. The fourth-order valence-corrected chi connectivity index (χ4v) is 9.97. The summed E-state index contributed by atoms with van der Waals surface area (Å²) in [5, 5.41) is 21.3. The Kier molecular flexibility index (Phi) is 10.9. The van der Waals surface area contributed by atoms with Gasteiger partial charge in [-0.1, -0.05) is 24.3 Å². The molecule has 0 aliphatic carbocycles. The number of methoxy groups -OCH3 is 2. The normalized spacial score (nSPS) is 14.8. The lowest BCUT2D eigenvalue weighted by molar-refractivity contribution is 0.174. The zero-order valence-corrected chi connectivity index (χ0v) is 29.1. The van der Waals surface area contributed by atoms with E-state index >= 15 is 0 Å². The van der Waals surface area contributed by atoms with E-state index in [1.165, 1.54) is 18.0 Å². The first-order valence-corrected chi connectivity index (χ1v) is 18.6. The lowest BCUT2D eigenvalue weighted by Crippen LogP contribution is -2.41. The molecule has 1 aliphatic rings. The minimum Gasteiger partial charge on any atom is -0.497 e. The molecule has 1 aliphatic heterocycles. The van der Waals surface area contributed by atoms with Crippen molar-refractivity contribution in [2.75, 3.05) is 40.5 Å². The number of aliphatic hydroxyl groups excluding tert-OH is 1. The van der Waals surface area contributed by atoms with E-state index < -0.39 is 30.0 Å². The van der Waals surface area contributed by atoms with E-state index in [1.807, 2.05) is 39.6 Å². The van der Waals surface area contributed by atoms with Crippen molar-refractivity contribution in [2.45, 2.75) is 41.0 Å². The molecule has 46 heavy (non-hydrogen) atoms. The Balaban J connectivity index is 1.55. The molecule has 0 bridgehead atoms. The number of β-amino-alcohol motifs (C(OH)–C–C–N with tert-alkyl or cyclic N) is 1. The molecule has 2 heterocycles. The highest BCUT2D eigenvalue weighted by molar-refractivity contribution is 14.1. The highest BCUT2D eigenvalue weighted by Crippen LogP contribution is 2.38. The van der Waals surface area contributed by atoms with Gasteiger partial charge in [0, 0.05) is 16.7 Å². The van der Waals surface area contributed by atoms with Crippen LogP contribution in [0.3, 0.4) is 0 Å². The summed E-state index contributed by atoms with van der Waals surface area (Å²) in [4.78, 5) is 2.60. The van der Waals surface area contributed by atoms with Crippen LogP contribution in [0, 0.1) is 3.57 Å². The minimum absolute atomic E-state index is 0.0162. The van der Waals surface area contributed by atoms with Crippen LogP contribution in [0.25, 0.3) is 11.4 Å². The van der Waals surface area contributed by atoms with Crippen molar-refractivity contribution in [3.05, 3.63) is 75.4 Å². The van der Waals surface area contributed by atoms with Crippen molar-refractivity contribution < 1.29 is 31.4 Å². The van der Waals surface area contributed by atoms with Crippen molar-refractivity contribution >= 4 is 42.5 Å². The quantitative estimate of drug-likeness (QED) is 0.192. The summed E-state index contributed by atoms with van der Waals surface area (Å²) in [5.41, 5.74) is 1.57. The van der Waals surface area contributed by atoms with Crippen LogP contribution in [0.1, 0.15) is 24.0 Å². The molecule has 5 rings (SSSR count). The average molecular weight is 783 g/mol. The fourth-order valence-electron chi connectivity index (χ4n) is 5.30. The van der Waals surface area contributed by atoms with E-state index in [4.69, 9.17) is 9.47 Å². The Morgan fingerprint density at radius 3 is 2.11 bits per heavy atom. The maximum Gasteiger partial charge on any atom is 0.242 e. The molecule has 0 saturated carbocycles. The summed E-state index contributed by atoms with van der Waals surface area (Å²) in [6, 6.07) is 17.1. The molecule has 0 unspecified atom stereocenters. The third-order valence-electron chi connectivity index (χ3n) is 7.82. The number of sulfone groups is 1. The maximum absolute atomic E-state index is 14.2. The number of hydrogen-bond donors (Lipinski definition) is 2. The van der Waals surface area contributed by atoms with Crippen LogP contribution in [-0.2, 0) is 33.0 Å². The number of nitrogens with zero attached hydrogens (tertiary/aromatic N) is 5. The number of benzene rings is 3. The van der Waals surface area contributed by atoms with Crippen LogP contribution < -0.4 is 14.2 Å². The Morgan fingerprint density at radius 1 is 0.913 bits per heavy atom. The number of piperidine rings is 1. The first-order chi connectivity index (χ1) is 22.0. The average Bonchev–Trinajstić information content (AvgIpc) is 3.52. The highest BCUT2D eigenvalue weighted by atomic mass is 127. The third kappa shape index (κ3) is 7.69. The van der Waals surface area contributed by atoms with Crippen molar-refractivity contribution in [2.24, 2.45) is 0 Å². The number of nitrogens with one attached hydrogen (secondary N) is 1. The summed E-state index contributed by atoms with van der Waals surface area (Å²) in [7, 11) is -5.45. The molecule has 3 aromatic carbocycles. The zero-order chi connectivity index (χ0) is 32.9. The Bertz CT molecular complexity index is 1860. The summed E-state index contributed by atoms with van der Waals surface area (Å²) in [6.45, 7) is 1.53. The molecule has 13 nitrogen and oxygen atoms in total. The monoisotopic (exact) mass is 782 g/mol. The standard InChI is InChI=1S/C30H35IN6O7S2/c1-43-23-7-3-21(4-8-23)19-32-46(41,42)29-27(45(39,40)25-13-15-36(16-14-25)17-18-38)12-11-26(31)28(29)30-33-35-37(34-30)20-22-5-9-24(44-2)10-6-22/h3-12,25,32,38H,13-20H2,1-2H3. The number of likely N-dealkylation sites (tertiary alicyclic amines) is 1. The topological polar surface area (TPSA) is 166 Å². The molecular formula is C30H35IN6O7S2. The van der Waals surface area contributed by atoms with Gasteiger partial charge in [-0.15, -0.1) is 10.2 Å². The second-order valence-corrected chi connectivity index (χ2v) is 15.8. The van der Waals surface area contributed by atoms with Crippen LogP contribution in [-0.4, -0.2) is 92.8 Å². The Morgan fingerprint density at radius 2 is 1.52 bits per heavy atom. The van der Waals surface area contributed by atoms with Crippen LogP contribution in [0.15, 0.2) is 70.5 Å². The molecular weight excluding hydrogens is 747 g/mol. The maximum atomic E-state index is 14.2. The summed E-state index contributed by atoms with van der Waals surface area (Å²) in [5.74, 6) is 1.30. The van der Waals surface area contributed by atoms with Crippen LogP contribution >= 0.6 is 22.6 Å². The number of aliphatic hydroxyl groups is 1. The summed E-state index contributed by atoms with van der Waals surface area (Å²) >= 11 is 1.97. The number of tetrazole rings is 1. The molecule has 1 saturated heterocycles. The highest BCUT2D eigenvalue weighted by Gasteiger charge is 2.38. The van der Waals surface area contributed by atoms with E-state index in [0.29, 0.717) is 53.1 Å². The Labute approximate surface area is 282 Å². The number of hydrogen-bond acceptors (Lipinski definition) is 11.